The number of aromatic amines is 1. The number of aromatic nitrogens is 3. The third kappa shape index (κ3) is 24.6. The lowest BCUT2D eigenvalue weighted by Gasteiger charge is -2.21. The van der Waals surface area contributed by atoms with E-state index in [2.05, 4.69) is 84.8 Å². The number of benzene rings is 1. The monoisotopic (exact) mass is 733 g/mol. The third-order valence-electron chi connectivity index (χ3n) is 7.29. The number of rotatable bonds is 7. The Morgan fingerprint density at radius 2 is 1.67 bits per heavy atom. The second-order valence-electron chi connectivity index (χ2n) is 12.2. The molecule has 1 aromatic heterocycles. The van der Waals surface area contributed by atoms with Crippen LogP contribution < -0.4 is 22.1 Å². The molecule has 2 saturated carbocycles. The SMILES string of the molecule is C=C.C=C[C@@H]1C[C@@H]1CC.CC.CC(C)C.C[C@@H]1CCCN1C(=O)CNC(=O)OC1CCCC1.NC=O.O=c1nc(Nc2ccccc2)nc(Cl)[nH]1. The lowest BCUT2D eigenvalue weighted by Crippen LogP contribution is -2.42. The van der Waals surface area contributed by atoms with E-state index in [-0.39, 0.29) is 36.2 Å². The first kappa shape index (κ1) is 48.9. The van der Waals surface area contributed by atoms with Crippen molar-refractivity contribution < 1.29 is 19.1 Å². The molecular weight excluding hydrogens is 670 g/mol. The molecule has 0 radical (unpaired) electrons. The summed E-state index contributed by atoms with van der Waals surface area (Å²) in [4.78, 5) is 54.4. The summed E-state index contributed by atoms with van der Waals surface area (Å²) in [6.07, 6.45) is 10.9. The molecule has 1 aromatic carbocycles. The van der Waals surface area contributed by atoms with E-state index in [4.69, 9.17) is 21.1 Å². The van der Waals surface area contributed by atoms with Crippen LogP contribution in [0.15, 0.2) is 60.9 Å². The van der Waals surface area contributed by atoms with E-state index >= 15 is 0 Å². The summed E-state index contributed by atoms with van der Waals surface area (Å²) in [5.41, 5.74) is 4.42. The molecule has 12 nitrogen and oxygen atoms in total. The second kappa shape index (κ2) is 30.6. The Bertz CT molecular complexity index is 1270. The van der Waals surface area contributed by atoms with Gasteiger partial charge in [-0.3, -0.25) is 14.6 Å². The molecule has 3 aliphatic rings. The number of para-hydroxylation sites is 1. The number of amides is 3. The first-order valence-electron chi connectivity index (χ1n) is 17.9. The van der Waals surface area contributed by atoms with Crippen molar-refractivity contribution in [3.63, 3.8) is 0 Å². The topological polar surface area (TPSA) is 172 Å². The highest BCUT2D eigenvalue weighted by molar-refractivity contribution is 6.28. The van der Waals surface area contributed by atoms with Crippen molar-refractivity contribution in [1.82, 2.24) is 25.2 Å². The van der Waals surface area contributed by atoms with Crippen LogP contribution in [0.25, 0.3) is 0 Å². The first-order valence-corrected chi connectivity index (χ1v) is 18.3. The van der Waals surface area contributed by atoms with Crippen molar-refractivity contribution in [2.45, 2.75) is 112 Å². The highest BCUT2D eigenvalue weighted by Gasteiger charge is 2.31. The van der Waals surface area contributed by atoms with E-state index in [1.807, 2.05) is 56.0 Å². The Morgan fingerprint density at radius 1 is 1.10 bits per heavy atom. The van der Waals surface area contributed by atoms with Crippen LogP contribution >= 0.6 is 11.6 Å². The van der Waals surface area contributed by atoms with Gasteiger partial charge in [0.05, 0.1) is 0 Å². The minimum Gasteiger partial charge on any atom is -0.446 e. The standard InChI is InChI=1S/C13H22N2O3.C9H7ClN4O.C7H12.C4H10.C2H6.C2H4.CH3NO/c1-10-5-4-8-15(10)12(16)9-14-13(17)18-11-6-2-3-7-11;10-7-12-8(14-9(15)13-7)11-6-4-2-1-3-5-6;1-3-6-5-7(6)4-2;1-4(2)3;2*1-2;2-1-3/h10-11H,2-9H2,1H3,(H,14,17);1-5H,(H2,11,12,13,14,15);3,6-7H,1,4-5H2,2H3;4H,1-3H3;1-2H3;1-2H2;1H,(H2,2,3)/t10-;;6-,7+;;;;/m1.1..../s1. The van der Waals surface area contributed by atoms with Crippen LogP contribution in [0.1, 0.15) is 99.8 Å². The molecule has 2 aromatic rings. The number of carbonyl (C=O) groups is 3. The van der Waals surface area contributed by atoms with Crippen molar-refractivity contribution in [2.75, 3.05) is 18.4 Å². The van der Waals surface area contributed by atoms with Gasteiger partial charge in [0.2, 0.25) is 23.5 Å². The number of nitrogens with zero attached hydrogens (tertiary/aromatic N) is 3. The number of likely N-dealkylation sites (tertiary alicyclic amines) is 1. The minimum atomic E-state index is -0.534. The average molecular weight is 734 g/mol. The molecule has 2 aliphatic carbocycles. The predicted molar refractivity (Wildman–Crippen MR) is 210 cm³/mol. The maximum absolute atomic E-state index is 11.9. The molecule has 288 valence electrons. The zero-order valence-electron chi connectivity index (χ0n) is 32.0. The van der Waals surface area contributed by atoms with Gasteiger partial charge in [0.1, 0.15) is 12.6 Å². The number of allylic oxidation sites excluding steroid dienone is 1. The predicted octanol–water partition coefficient (Wildman–Crippen LogP) is 8.04. The van der Waals surface area contributed by atoms with E-state index in [9.17, 15) is 14.4 Å². The second-order valence-corrected chi connectivity index (χ2v) is 12.5. The van der Waals surface area contributed by atoms with Gasteiger partial charge < -0.3 is 26.0 Å². The number of halogens is 1. The maximum atomic E-state index is 11.9. The number of hydrogen-bond donors (Lipinski definition) is 4. The van der Waals surface area contributed by atoms with E-state index in [0.717, 1.165) is 68.5 Å². The lowest BCUT2D eigenvalue weighted by atomic mass is 10.2. The molecule has 1 saturated heterocycles. The van der Waals surface area contributed by atoms with Gasteiger partial charge in [-0.25, -0.2) is 9.59 Å². The van der Waals surface area contributed by atoms with E-state index < -0.39 is 11.8 Å². The molecule has 3 fully saturated rings. The largest absolute Gasteiger partial charge is 0.446 e. The highest BCUT2D eigenvalue weighted by atomic mass is 35.5. The van der Waals surface area contributed by atoms with Crippen LogP contribution in [-0.4, -0.2) is 63.5 Å². The molecule has 0 bridgehead atoms. The number of nitrogens with two attached hydrogens (primary N) is 1. The zero-order valence-corrected chi connectivity index (χ0v) is 32.7. The summed E-state index contributed by atoms with van der Waals surface area (Å²) in [6.45, 7) is 25.4. The number of H-pyrrole nitrogens is 1. The number of hydrogen-bond acceptors (Lipinski definition) is 8. The van der Waals surface area contributed by atoms with Crippen LogP contribution in [-0.2, 0) is 14.3 Å². The summed E-state index contributed by atoms with van der Waals surface area (Å²) >= 11 is 5.57. The van der Waals surface area contributed by atoms with Gasteiger partial charge >= 0.3 is 11.8 Å². The van der Waals surface area contributed by atoms with Crippen molar-refractivity contribution in [3.8, 4) is 0 Å². The van der Waals surface area contributed by atoms with Crippen molar-refractivity contribution >= 4 is 41.6 Å². The van der Waals surface area contributed by atoms with E-state index in [1.54, 1.807) is 0 Å². The number of alkyl carbamates (subject to hydrolysis) is 1. The number of anilines is 2. The fraction of sp³-hybridized carbons (Fsp3) is 0.579. The zero-order chi connectivity index (χ0) is 39.2. The summed E-state index contributed by atoms with van der Waals surface area (Å²) in [5.74, 6) is 2.88. The fourth-order valence-corrected chi connectivity index (χ4v) is 5.01. The molecule has 0 spiro atoms. The van der Waals surface area contributed by atoms with Gasteiger partial charge in [0, 0.05) is 18.3 Å². The first-order chi connectivity index (χ1) is 24.4. The third-order valence-corrected chi connectivity index (χ3v) is 7.47. The van der Waals surface area contributed by atoms with E-state index in [0.29, 0.717) is 6.04 Å². The van der Waals surface area contributed by atoms with Crippen LogP contribution in [0.2, 0.25) is 5.28 Å². The Balaban J connectivity index is 0. The normalized spacial score (nSPS) is 17.8. The lowest BCUT2D eigenvalue weighted by molar-refractivity contribution is -0.130. The number of primary amides is 1. The van der Waals surface area contributed by atoms with Gasteiger partial charge in [0.25, 0.3) is 0 Å². The van der Waals surface area contributed by atoms with Crippen molar-refractivity contribution in [1.29, 1.82) is 0 Å². The summed E-state index contributed by atoms with van der Waals surface area (Å²) in [7, 11) is 0. The van der Waals surface area contributed by atoms with Crippen LogP contribution in [0, 0.1) is 17.8 Å². The maximum Gasteiger partial charge on any atom is 0.407 e. The summed E-state index contributed by atoms with van der Waals surface area (Å²) < 4.78 is 5.23. The molecule has 1 aliphatic heterocycles. The van der Waals surface area contributed by atoms with Gasteiger partial charge in [-0.2, -0.15) is 9.97 Å². The minimum absolute atomic E-state index is 0.00781. The van der Waals surface area contributed by atoms with Crippen LogP contribution in [0.5, 0.6) is 0 Å². The molecule has 0 unspecified atom stereocenters. The molecule has 5 rings (SSSR count). The van der Waals surface area contributed by atoms with Crippen molar-refractivity contribution in [2.24, 2.45) is 23.5 Å². The Morgan fingerprint density at radius 3 is 2.10 bits per heavy atom. The Hall–Kier alpha value is -4.19. The summed E-state index contributed by atoms with van der Waals surface area (Å²) in [5, 5.41) is 5.42. The quantitative estimate of drug-likeness (QED) is 0.163. The smallest absolute Gasteiger partial charge is 0.407 e. The number of carbonyl (C=O) groups excluding carboxylic acids is 3. The molecule has 13 heteroatoms. The fourth-order valence-electron chi connectivity index (χ4n) is 4.85. The molecular formula is C38H64ClN7O5. The Kier molecular flexibility index (Phi) is 29.4. The van der Waals surface area contributed by atoms with Gasteiger partial charge in [-0.05, 0) is 93.4 Å². The van der Waals surface area contributed by atoms with E-state index in [1.165, 1.54) is 12.8 Å². The number of ether oxygens (including phenoxy) is 1. The molecule has 5 N–H and O–H groups in total. The molecule has 3 amide bonds. The highest BCUT2D eigenvalue weighted by Crippen LogP contribution is 2.41. The Labute approximate surface area is 311 Å². The summed E-state index contributed by atoms with van der Waals surface area (Å²) in [6, 6.07) is 9.56. The van der Waals surface area contributed by atoms with Gasteiger partial charge in [-0.15, -0.1) is 19.7 Å². The van der Waals surface area contributed by atoms with Crippen LogP contribution in [0.4, 0.5) is 16.4 Å². The average Bonchev–Trinajstić information content (AvgIpc) is 3.44. The number of nitrogens with one attached hydrogen (secondary N) is 3. The molecule has 51 heavy (non-hydrogen) atoms. The van der Waals surface area contributed by atoms with Gasteiger partial charge in [0.15, 0.2) is 0 Å². The van der Waals surface area contributed by atoms with Gasteiger partial charge in [-0.1, -0.05) is 72.2 Å². The molecule has 2 heterocycles. The van der Waals surface area contributed by atoms with Crippen LogP contribution in [0.3, 0.4) is 0 Å². The van der Waals surface area contributed by atoms with Crippen molar-refractivity contribution in [3.05, 3.63) is 71.9 Å². The molecule has 3 atom stereocenters.